The molecular formula is C16H18N2O5S. The number of non-ortho nitro benzene ring substituents is 1. The largest absolute Gasteiger partial charge is 0.459 e. The topological polar surface area (TPSA) is 89.8 Å². The van der Waals surface area contributed by atoms with E-state index in [0.717, 1.165) is 12.2 Å². The molecule has 2 heterocycles. The summed E-state index contributed by atoms with van der Waals surface area (Å²) < 4.78 is 5.37. The number of hydrogen-bond donors (Lipinski definition) is 0. The van der Waals surface area contributed by atoms with Crippen molar-refractivity contribution in [3.05, 3.63) is 39.9 Å². The van der Waals surface area contributed by atoms with Crippen molar-refractivity contribution >= 4 is 29.3 Å². The fourth-order valence-electron chi connectivity index (χ4n) is 3.24. The van der Waals surface area contributed by atoms with E-state index in [2.05, 4.69) is 0 Å². The SMILES string of the molecule is CCS[C@H]1CC2CC(=O)N2[C@@H]1C(=O)OCc1ccc([N+](=O)[O-])cc1. The zero-order valence-electron chi connectivity index (χ0n) is 13.2. The second kappa shape index (κ2) is 6.80. The van der Waals surface area contributed by atoms with E-state index < -0.39 is 16.9 Å². The van der Waals surface area contributed by atoms with Crippen LogP contribution in [-0.2, 0) is 20.9 Å². The Bertz CT molecular complexity index is 663. The maximum absolute atomic E-state index is 12.5. The van der Waals surface area contributed by atoms with Crippen LogP contribution in [-0.4, -0.2) is 44.8 Å². The molecule has 2 fully saturated rings. The highest BCUT2D eigenvalue weighted by atomic mass is 32.2. The molecule has 1 aromatic rings. The van der Waals surface area contributed by atoms with E-state index in [4.69, 9.17) is 4.74 Å². The van der Waals surface area contributed by atoms with Crippen molar-refractivity contribution in [2.75, 3.05) is 5.75 Å². The number of fused-ring (bicyclic) bond motifs is 1. The summed E-state index contributed by atoms with van der Waals surface area (Å²) in [6.07, 6.45) is 1.36. The molecule has 1 aromatic carbocycles. The number of ether oxygens (including phenoxy) is 1. The molecule has 2 saturated heterocycles. The average Bonchev–Trinajstić information content (AvgIpc) is 2.85. The van der Waals surface area contributed by atoms with E-state index in [1.807, 2.05) is 6.92 Å². The first kappa shape index (κ1) is 16.8. The van der Waals surface area contributed by atoms with Crippen LogP contribution < -0.4 is 0 Å². The van der Waals surface area contributed by atoms with Crippen LogP contribution in [0.4, 0.5) is 5.69 Å². The molecule has 3 atom stereocenters. The number of esters is 1. The van der Waals surface area contributed by atoms with Gasteiger partial charge in [0.2, 0.25) is 5.91 Å². The van der Waals surface area contributed by atoms with Crippen LogP contribution in [0.3, 0.4) is 0 Å². The van der Waals surface area contributed by atoms with Gasteiger partial charge in [0.1, 0.15) is 12.6 Å². The summed E-state index contributed by atoms with van der Waals surface area (Å²) in [4.78, 5) is 36.1. The van der Waals surface area contributed by atoms with Gasteiger partial charge in [-0.15, -0.1) is 0 Å². The van der Waals surface area contributed by atoms with Crippen LogP contribution in [0.15, 0.2) is 24.3 Å². The average molecular weight is 350 g/mol. The van der Waals surface area contributed by atoms with E-state index >= 15 is 0 Å². The number of nitro groups is 1. The van der Waals surface area contributed by atoms with Gasteiger partial charge in [-0.3, -0.25) is 14.9 Å². The van der Waals surface area contributed by atoms with E-state index in [1.165, 1.54) is 12.1 Å². The van der Waals surface area contributed by atoms with Gasteiger partial charge in [0, 0.05) is 29.8 Å². The number of benzene rings is 1. The molecule has 3 rings (SSSR count). The number of β-lactam (4-membered cyclic amide) rings is 1. The summed E-state index contributed by atoms with van der Waals surface area (Å²) in [6, 6.07) is 5.54. The van der Waals surface area contributed by atoms with Crippen molar-refractivity contribution in [1.29, 1.82) is 0 Å². The Labute approximate surface area is 143 Å². The molecule has 0 radical (unpaired) electrons. The van der Waals surface area contributed by atoms with Crippen LogP contribution in [0.25, 0.3) is 0 Å². The lowest BCUT2D eigenvalue weighted by molar-refractivity contribution is -0.384. The third kappa shape index (κ3) is 3.10. The van der Waals surface area contributed by atoms with Gasteiger partial charge in [-0.05, 0) is 29.9 Å². The molecule has 0 aromatic heterocycles. The number of nitro benzene ring substituents is 1. The Kier molecular flexibility index (Phi) is 4.75. The normalized spacial score (nSPS) is 25.1. The predicted octanol–water partition coefficient (Wildman–Crippen LogP) is 2.13. The number of rotatable bonds is 6. The third-order valence-electron chi connectivity index (χ3n) is 4.40. The van der Waals surface area contributed by atoms with Crippen LogP contribution in [0, 0.1) is 10.1 Å². The molecule has 7 nitrogen and oxygen atoms in total. The molecule has 2 aliphatic heterocycles. The van der Waals surface area contributed by atoms with Gasteiger partial charge in [0.05, 0.1) is 4.92 Å². The monoisotopic (exact) mass is 350 g/mol. The van der Waals surface area contributed by atoms with Crippen molar-refractivity contribution < 1.29 is 19.2 Å². The fraction of sp³-hybridized carbons (Fsp3) is 0.500. The zero-order chi connectivity index (χ0) is 17.3. The maximum atomic E-state index is 12.5. The molecule has 0 saturated carbocycles. The first-order valence-corrected chi connectivity index (χ1v) is 8.89. The molecular weight excluding hydrogens is 332 g/mol. The molecule has 1 unspecified atom stereocenters. The summed E-state index contributed by atoms with van der Waals surface area (Å²) in [5.41, 5.74) is 0.674. The van der Waals surface area contributed by atoms with Gasteiger partial charge in [0.25, 0.3) is 5.69 Å². The number of carbonyl (C=O) groups is 2. The van der Waals surface area contributed by atoms with Crippen molar-refractivity contribution in [2.24, 2.45) is 0 Å². The Morgan fingerprint density at radius 1 is 1.42 bits per heavy atom. The lowest BCUT2D eigenvalue weighted by Crippen LogP contribution is -2.55. The third-order valence-corrected chi connectivity index (χ3v) is 5.61. The summed E-state index contributed by atoms with van der Waals surface area (Å²) in [6.45, 7) is 2.07. The zero-order valence-corrected chi connectivity index (χ0v) is 14.0. The standard InChI is InChI=1S/C16H18N2O5S/c1-2-24-13-7-12-8-14(19)17(12)15(13)16(20)23-9-10-3-5-11(6-4-10)18(21)22/h3-6,12-13,15H,2,7-9H2,1H3/t12?,13-,15-/m0/s1. The van der Waals surface area contributed by atoms with Gasteiger partial charge in [-0.1, -0.05) is 6.92 Å². The Hall–Kier alpha value is -2.09. The Balaban J connectivity index is 1.62. The van der Waals surface area contributed by atoms with Crippen LogP contribution >= 0.6 is 11.8 Å². The summed E-state index contributed by atoms with van der Waals surface area (Å²) in [7, 11) is 0. The highest BCUT2D eigenvalue weighted by molar-refractivity contribution is 7.99. The molecule has 0 aliphatic carbocycles. The molecule has 8 heteroatoms. The number of thioether (sulfide) groups is 1. The number of carbonyl (C=O) groups excluding carboxylic acids is 2. The molecule has 0 bridgehead atoms. The van der Waals surface area contributed by atoms with Gasteiger partial charge in [-0.2, -0.15) is 11.8 Å². The number of nitrogens with zero attached hydrogens (tertiary/aromatic N) is 2. The molecule has 128 valence electrons. The highest BCUT2D eigenvalue weighted by Gasteiger charge is 2.54. The van der Waals surface area contributed by atoms with E-state index in [-0.39, 0.29) is 29.5 Å². The maximum Gasteiger partial charge on any atom is 0.330 e. The molecule has 2 aliphatic rings. The smallest absolute Gasteiger partial charge is 0.330 e. The summed E-state index contributed by atoms with van der Waals surface area (Å²) >= 11 is 1.68. The quantitative estimate of drug-likeness (QED) is 0.338. The lowest BCUT2D eigenvalue weighted by Gasteiger charge is -2.37. The first-order valence-electron chi connectivity index (χ1n) is 7.84. The minimum absolute atomic E-state index is 0.00528. The predicted molar refractivity (Wildman–Crippen MR) is 88.5 cm³/mol. The first-order chi connectivity index (χ1) is 11.5. The number of hydrogen-bond acceptors (Lipinski definition) is 6. The molecule has 24 heavy (non-hydrogen) atoms. The second-order valence-electron chi connectivity index (χ2n) is 5.86. The van der Waals surface area contributed by atoms with Gasteiger partial charge in [0.15, 0.2) is 0 Å². The Morgan fingerprint density at radius 2 is 2.12 bits per heavy atom. The van der Waals surface area contributed by atoms with E-state index in [0.29, 0.717) is 12.0 Å². The van der Waals surface area contributed by atoms with Crippen molar-refractivity contribution in [2.45, 2.75) is 43.7 Å². The van der Waals surface area contributed by atoms with Crippen LogP contribution in [0.5, 0.6) is 0 Å². The van der Waals surface area contributed by atoms with Crippen LogP contribution in [0.1, 0.15) is 25.3 Å². The van der Waals surface area contributed by atoms with Crippen molar-refractivity contribution in [3.8, 4) is 0 Å². The minimum atomic E-state index is -0.515. The van der Waals surface area contributed by atoms with Crippen molar-refractivity contribution in [3.63, 3.8) is 0 Å². The number of amides is 1. The van der Waals surface area contributed by atoms with E-state index in [9.17, 15) is 19.7 Å². The fourth-order valence-corrected chi connectivity index (χ4v) is 4.46. The van der Waals surface area contributed by atoms with Gasteiger partial charge >= 0.3 is 5.97 Å². The van der Waals surface area contributed by atoms with E-state index in [1.54, 1.807) is 28.8 Å². The minimum Gasteiger partial charge on any atom is -0.459 e. The van der Waals surface area contributed by atoms with Crippen LogP contribution in [0.2, 0.25) is 0 Å². The van der Waals surface area contributed by atoms with Crippen molar-refractivity contribution in [1.82, 2.24) is 4.90 Å². The van der Waals surface area contributed by atoms with Gasteiger partial charge < -0.3 is 9.64 Å². The second-order valence-corrected chi connectivity index (χ2v) is 7.38. The molecule has 1 amide bonds. The highest BCUT2D eigenvalue weighted by Crippen LogP contribution is 2.41. The summed E-state index contributed by atoms with van der Waals surface area (Å²) in [5.74, 6) is 0.497. The molecule has 0 spiro atoms. The van der Waals surface area contributed by atoms with Gasteiger partial charge in [-0.25, -0.2) is 4.79 Å². The lowest BCUT2D eigenvalue weighted by atomic mass is 10.0. The molecule has 0 N–H and O–H groups in total. The Morgan fingerprint density at radius 3 is 2.71 bits per heavy atom. The summed E-state index contributed by atoms with van der Waals surface area (Å²) in [5, 5.41) is 10.7.